The fourth-order valence-electron chi connectivity index (χ4n) is 2.20. The van der Waals surface area contributed by atoms with Crippen molar-refractivity contribution in [3.63, 3.8) is 0 Å². The van der Waals surface area contributed by atoms with Crippen LogP contribution in [0.2, 0.25) is 0 Å². The summed E-state index contributed by atoms with van der Waals surface area (Å²) in [6.07, 6.45) is 4.67. The third-order valence-electron chi connectivity index (χ3n) is 3.59. The van der Waals surface area contributed by atoms with Gasteiger partial charge >= 0.3 is 0 Å². The van der Waals surface area contributed by atoms with Gasteiger partial charge in [0.05, 0.1) is 13.3 Å². The SMILES string of the molecule is CCCCC(CN)NC(=O)c1cnc(-c2ccc(OC)cc2)s1.Cl. The highest BCUT2D eigenvalue weighted by Gasteiger charge is 2.15. The number of nitrogens with zero attached hydrogens (tertiary/aromatic N) is 1. The summed E-state index contributed by atoms with van der Waals surface area (Å²) in [5.41, 5.74) is 6.69. The molecule has 0 aliphatic carbocycles. The van der Waals surface area contributed by atoms with Crippen LogP contribution < -0.4 is 15.8 Å². The number of halogens is 1. The van der Waals surface area contributed by atoms with Gasteiger partial charge in [-0.15, -0.1) is 23.7 Å². The van der Waals surface area contributed by atoms with Gasteiger partial charge in [-0.05, 0) is 30.7 Å². The molecule has 1 amide bonds. The topological polar surface area (TPSA) is 77.2 Å². The summed E-state index contributed by atoms with van der Waals surface area (Å²) >= 11 is 1.38. The Hall–Kier alpha value is -1.63. The monoisotopic (exact) mass is 369 g/mol. The van der Waals surface area contributed by atoms with Crippen LogP contribution in [0.25, 0.3) is 10.6 Å². The van der Waals surface area contributed by atoms with Crippen molar-refractivity contribution in [2.75, 3.05) is 13.7 Å². The van der Waals surface area contributed by atoms with E-state index in [0.717, 1.165) is 35.6 Å². The van der Waals surface area contributed by atoms with E-state index in [1.807, 2.05) is 24.3 Å². The number of ether oxygens (including phenoxy) is 1. The Bertz CT molecular complexity index is 631. The number of carbonyl (C=O) groups is 1. The number of benzene rings is 1. The molecule has 1 aromatic carbocycles. The van der Waals surface area contributed by atoms with Crippen LogP contribution in [-0.2, 0) is 0 Å². The van der Waals surface area contributed by atoms with E-state index in [4.69, 9.17) is 10.5 Å². The maximum absolute atomic E-state index is 12.3. The lowest BCUT2D eigenvalue weighted by molar-refractivity contribution is 0.0939. The molecule has 0 radical (unpaired) electrons. The fourth-order valence-corrected chi connectivity index (χ4v) is 3.03. The number of hydrogen-bond donors (Lipinski definition) is 2. The molecular weight excluding hydrogens is 346 g/mol. The van der Waals surface area contributed by atoms with E-state index in [1.54, 1.807) is 13.3 Å². The van der Waals surface area contributed by atoms with Crippen molar-refractivity contribution in [3.8, 4) is 16.3 Å². The molecule has 1 heterocycles. The number of carbonyl (C=O) groups excluding carboxylic acids is 1. The molecular formula is C17H24ClN3O2S. The lowest BCUT2D eigenvalue weighted by Crippen LogP contribution is -2.39. The fraction of sp³-hybridized carbons (Fsp3) is 0.412. The molecule has 5 nitrogen and oxygen atoms in total. The molecule has 0 fully saturated rings. The van der Waals surface area contributed by atoms with Crippen LogP contribution in [0.1, 0.15) is 35.9 Å². The van der Waals surface area contributed by atoms with Crippen molar-refractivity contribution in [1.82, 2.24) is 10.3 Å². The van der Waals surface area contributed by atoms with Crippen LogP contribution in [0.15, 0.2) is 30.5 Å². The van der Waals surface area contributed by atoms with E-state index in [1.165, 1.54) is 11.3 Å². The summed E-state index contributed by atoms with van der Waals surface area (Å²) in [6.45, 7) is 2.58. The molecule has 2 aromatic rings. The number of nitrogens with one attached hydrogen (secondary N) is 1. The van der Waals surface area contributed by atoms with Crippen molar-refractivity contribution >= 4 is 29.7 Å². The second kappa shape index (κ2) is 10.3. The first kappa shape index (κ1) is 20.4. The molecule has 1 atom stereocenters. The Kier molecular flexibility index (Phi) is 8.74. The number of nitrogens with two attached hydrogens (primary N) is 1. The molecule has 0 spiro atoms. The largest absolute Gasteiger partial charge is 0.497 e. The van der Waals surface area contributed by atoms with E-state index in [9.17, 15) is 4.79 Å². The second-order valence-electron chi connectivity index (χ2n) is 5.31. The van der Waals surface area contributed by atoms with E-state index >= 15 is 0 Å². The van der Waals surface area contributed by atoms with Gasteiger partial charge in [-0.1, -0.05) is 19.8 Å². The molecule has 0 saturated carbocycles. The highest BCUT2D eigenvalue weighted by molar-refractivity contribution is 7.16. The highest BCUT2D eigenvalue weighted by atomic mass is 35.5. The Morgan fingerprint density at radius 1 is 1.38 bits per heavy atom. The summed E-state index contributed by atoms with van der Waals surface area (Å²) < 4.78 is 5.14. The molecule has 0 saturated heterocycles. The van der Waals surface area contributed by atoms with Gasteiger partial charge in [0, 0.05) is 18.2 Å². The minimum absolute atomic E-state index is 0. The smallest absolute Gasteiger partial charge is 0.263 e. The van der Waals surface area contributed by atoms with Gasteiger partial charge in [-0.25, -0.2) is 4.98 Å². The summed E-state index contributed by atoms with van der Waals surface area (Å²) in [4.78, 5) is 17.3. The zero-order chi connectivity index (χ0) is 16.7. The predicted molar refractivity (Wildman–Crippen MR) is 101 cm³/mol. The zero-order valence-corrected chi connectivity index (χ0v) is 15.6. The zero-order valence-electron chi connectivity index (χ0n) is 14.0. The average Bonchev–Trinajstić information content (AvgIpc) is 3.08. The molecule has 132 valence electrons. The van der Waals surface area contributed by atoms with E-state index < -0.39 is 0 Å². The normalized spacial score (nSPS) is 11.5. The standard InChI is InChI=1S/C17H23N3O2S.ClH/c1-3-4-5-13(10-18)20-16(21)15-11-19-17(23-15)12-6-8-14(22-2)9-7-12;/h6-9,11,13H,3-5,10,18H2,1-2H3,(H,20,21);1H. The summed E-state index contributed by atoms with van der Waals surface area (Å²) in [6, 6.07) is 7.65. The molecule has 0 aliphatic rings. The van der Waals surface area contributed by atoms with Gasteiger partial charge in [-0.3, -0.25) is 4.79 Å². The van der Waals surface area contributed by atoms with Crippen LogP contribution in [0.4, 0.5) is 0 Å². The van der Waals surface area contributed by atoms with E-state index in [0.29, 0.717) is 11.4 Å². The Morgan fingerprint density at radius 3 is 2.67 bits per heavy atom. The first-order valence-electron chi connectivity index (χ1n) is 7.79. The van der Waals surface area contributed by atoms with Gasteiger partial charge < -0.3 is 15.8 Å². The van der Waals surface area contributed by atoms with Gasteiger partial charge in [0.25, 0.3) is 5.91 Å². The predicted octanol–water partition coefficient (Wildman–Crippen LogP) is 3.49. The quantitative estimate of drug-likeness (QED) is 0.746. The molecule has 3 N–H and O–H groups in total. The third kappa shape index (κ3) is 5.47. The Labute approximate surface area is 153 Å². The maximum Gasteiger partial charge on any atom is 0.263 e. The number of aromatic nitrogens is 1. The Morgan fingerprint density at radius 2 is 2.08 bits per heavy atom. The lowest BCUT2D eigenvalue weighted by atomic mass is 10.1. The number of rotatable bonds is 8. The van der Waals surface area contributed by atoms with Crippen molar-refractivity contribution in [2.45, 2.75) is 32.2 Å². The molecule has 1 aromatic heterocycles. The molecule has 2 rings (SSSR count). The van der Waals surface area contributed by atoms with Crippen LogP contribution in [0, 0.1) is 0 Å². The number of hydrogen-bond acceptors (Lipinski definition) is 5. The van der Waals surface area contributed by atoms with Crippen LogP contribution in [0.3, 0.4) is 0 Å². The molecule has 24 heavy (non-hydrogen) atoms. The number of unbranched alkanes of at least 4 members (excludes halogenated alkanes) is 1. The van der Waals surface area contributed by atoms with E-state index in [2.05, 4.69) is 17.2 Å². The Balaban J connectivity index is 0.00000288. The second-order valence-corrected chi connectivity index (χ2v) is 6.34. The molecule has 1 unspecified atom stereocenters. The minimum atomic E-state index is -0.103. The van der Waals surface area contributed by atoms with Crippen molar-refractivity contribution < 1.29 is 9.53 Å². The van der Waals surface area contributed by atoms with E-state index in [-0.39, 0.29) is 24.4 Å². The first-order valence-corrected chi connectivity index (χ1v) is 8.60. The number of amides is 1. The van der Waals surface area contributed by atoms with Gasteiger partial charge in [0.2, 0.25) is 0 Å². The average molecular weight is 370 g/mol. The molecule has 0 bridgehead atoms. The maximum atomic E-state index is 12.3. The third-order valence-corrected chi connectivity index (χ3v) is 4.64. The molecule has 7 heteroatoms. The lowest BCUT2D eigenvalue weighted by Gasteiger charge is -2.15. The van der Waals surface area contributed by atoms with Crippen LogP contribution in [-0.4, -0.2) is 30.6 Å². The van der Waals surface area contributed by atoms with Gasteiger partial charge in [-0.2, -0.15) is 0 Å². The minimum Gasteiger partial charge on any atom is -0.497 e. The van der Waals surface area contributed by atoms with Crippen molar-refractivity contribution in [3.05, 3.63) is 35.3 Å². The van der Waals surface area contributed by atoms with Crippen LogP contribution >= 0.6 is 23.7 Å². The highest BCUT2D eigenvalue weighted by Crippen LogP contribution is 2.26. The van der Waals surface area contributed by atoms with Crippen LogP contribution in [0.5, 0.6) is 5.75 Å². The van der Waals surface area contributed by atoms with Crippen molar-refractivity contribution in [1.29, 1.82) is 0 Å². The molecule has 0 aliphatic heterocycles. The summed E-state index contributed by atoms with van der Waals surface area (Å²) in [5.74, 6) is 0.693. The number of thiazole rings is 1. The number of methoxy groups -OCH3 is 1. The summed E-state index contributed by atoms with van der Waals surface area (Å²) in [5, 5.41) is 3.80. The van der Waals surface area contributed by atoms with Gasteiger partial charge in [0.15, 0.2) is 0 Å². The summed E-state index contributed by atoms with van der Waals surface area (Å²) in [7, 11) is 1.63. The first-order chi connectivity index (χ1) is 11.2. The van der Waals surface area contributed by atoms with Gasteiger partial charge in [0.1, 0.15) is 15.6 Å². The van der Waals surface area contributed by atoms with Crippen molar-refractivity contribution in [2.24, 2.45) is 5.73 Å².